The lowest BCUT2D eigenvalue weighted by Crippen LogP contribution is -2.57. The van der Waals surface area contributed by atoms with Gasteiger partial charge in [0.05, 0.1) is 16.6 Å². The van der Waals surface area contributed by atoms with Crippen molar-refractivity contribution in [3.05, 3.63) is 93.0 Å². The first kappa shape index (κ1) is 52.7. The van der Waals surface area contributed by atoms with E-state index in [1.165, 1.54) is 29.9 Å². The van der Waals surface area contributed by atoms with E-state index in [0.29, 0.717) is 45.6 Å². The molecule has 3 aromatic carbocycles. The van der Waals surface area contributed by atoms with Crippen LogP contribution >= 0.6 is 39.3 Å². The maximum absolute atomic E-state index is 14.9. The van der Waals surface area contributed by atoms with Gasteiger partial charge in [-0.3, -0.25) is 19.0 Å². The van der Waals surface area contributed by atoms with Gasteiger partial charge in [-0.1, -0.05) is 69.6 Å². The number of ether oxygens (including phenoxy) is 2. The Hall–Kier alpha value is -5.30. The lowest BCUT2D eigenvalue weighted by Gasteiger charge is -2.32. The summed E-state index contributed by atoms with van der Waals surface area (Å²) >= 11 is 11.9. The zero-order valence-electron chi connectivity index (χ0n) is 38.9. The highest BCUT2D eigenvalue weighted by Crippen LogP contribution is 2.39. The van der Waals surface area contributed by atoms with Crippen molar-refractivity contribution in [1.29, 1.82) is 0 Å². The third-order valence-electron chi connectivity index (χ3n) is 10.7. The topological polar surface area (TPSA) is 209 Å². The van der Waals surface area contributed by atoms with Gasteiger partial charge in [0, 0.05) is 65.5 Å². The van der Waals surface area contributed by atoms with Crippen LogP contribution in [0.25, 0.3) is 10.9 Å². The fourth-order valence-corrected chi connectivity index (χ4v) is 9.24. The number of hydrogen-bond acceptors (Lipinski definition) is 10. The number of aromatic nitrogens is 1. The number of benzene rings is 3. The lowest BCUT2D eigenvalue weighted by molar-refractivity contribution is -0.142. The Morgan fingerprint density at radius 3 is 2.16 bits per heavy atom. The van der Waals surface area contributed by atoms with E-state index in [-0.39, 0.29) is 45.4 Å². The van der Waals surface area contributed by atoms with Crippen molar-refractivity contribution in [2.75, 3.05) is 20.1 Å². The minimum atomic E-state index is -1.21. The van der Waals surface area contributed by atoms with Crippen molar-refractivity contribution in [3.63, 3.8) is 0 Å². The summed E-state index contributed by atoms with van der Waals surface area (Å²) in [6.07, 6.45) is 0.590. The van der Waals surface area contributed by atoms with Crippen LogP contribution in [0.5, 0.6) is 0 Å². The first-order chi connectivity index (χ1) is 31.6. The van der Waals surface area contributed by atoms with Gasteiger partial charge in [-0.05, 0) is 121 Å². The molecular weight excluding hydrogens is 966 g/mol. The van der Waals surface area contributed by atoms with Crippen LogP contribution in [0.2, 0.25) is 5.02 Å². The molecular formula is C48H61BrClN7O9S. The maximum atomic E-state index is 14.9. The zero-order valence-corrected chi connectivity index (χ0v) is 42.1. The van der Waals surface area contributed by atoms with Gasteiger partial charge in [0.2, 0.25) is 17.7 Å². The number of nitrogens with one attached hydrogen (secondary N) is 5. The van der Waals surface area contributed by atoms with Crippen molar-refractivity contribution in [3.8, 4) is 0 Å². The van der Waals surface area contributed by atoms with Gasteiger partial charge in [-0.2, -0.15) is 0 Å². The van der Waals surface area contributed by atoms with Crippen molar-refractivity contribution >= 4 is 86.2 Å². The van der Waals surface area contributed by atoms with Crippen LogP contribution in [-0.4, -0.2) is 100 Å². The van der Waals surface area contributed by atoms with Gasteiger partial charge in [0.1, 0.15) is 23.3 Å². The smallest absolute Gasteiger partial charge is 0.416 e. The molecule has 67 heavy (non-hydrogen) atoms. The fraction of sp³-hybridized carbons (Fsp3) is 0.458. The van der Waals surface area contributed by atoms with Gasteiger partial charge in [-0.15, -0.1) is 0 Å². The molecule has 1 aromatic heterocycles. The Labute approximate surface area is 409 Å². The first-order valence-electron chi connectivity index (χ1n) is 22.2. The van der Waals surface area contributed by atoms with E-state index in [4.69, 9.17) is 21.1 Å². The highest BCUT2D eigenvalue weighted by molar-refractivity contribution is 9.10. The highest BCUT2D eigenvalue weighted by atomic mass is 79.9. The molecule has 1 aliphatic heterocycles. The summed E-state index contributed by atoms with van der Waals surface area (Å²) < 4.78 is 12.7. The molecule has 362 valence electrons. The number of alkyl carbamates (subject to hydrolysis) is 2. The minimum Gasteiger partial charge on any atom is -0.464 e. The Bertz CT molecular complexity index is 2440. The molecule has 6 N–H and O–H groups in total. The zero-order chi connectivity index (χ0) is 49.1. The average Bonchev–Trinajstić information content (AvgIpc) is 3.62. The van der Waals surface area contributed by atoms with Crippen LogP contribution in [0.1, 0.15) is 90.3 Å². The average molecular weight is 1030 g/mol. The fourth-order valence-electron chi connectivity index (χ4n) is 7.46. The summed E-state index contributed by atoms with van der Waals surface area (Å²) in [5.41, 5.74) is 1.11. The van der Waals surface area contributed by atoms with Gasteiger partial charge in [0.25, 0.3) is 0 Å². The number of hydrogen-bond donors (Lipinski definition) is 6. The van der Waals surface area contributed by atoms with E-state index in [1.807, 2.05) is 24.3 Å². The first-order valence-corrected chi connectivity index (χ1v) is 24.2. The number of halogens is 2. The van der Waals surface area contributed by atoms with Crippen molar-refractivity contribution in [2.24, 2.45) is 0 Å². The quantitative estimate of drug-likeness (QED) is 0.0787. The minimum absolute atomic E-state index is 0.0471. The second-order valence-electron chi connectivity index (χ2n) is 18.3. The molecule has 19 heteroatoms. The van der Waals surface area contributed by atoms with Crippen LogP contribution in [0.4, 0.5) is 14.4 Å². The third kappa shape index (κ3) is 15.6. The number of likely N-dealkylation sites (N-methyl/N-ethyl adjacent to an activating group) is 1. The van der Waals surface area contributed by atoms with Crippen LogP contribution < -0.4 is 26.6 Å². The molecule has 5 amide bonds. The van der Waals surface area contributed by atoms with E-state index < -0.39 is 65.3 Å². The normalized spacial score (nSPS) is 17.7. The summed E-state index contributed by atoms with van der Waals surface area (Å²) in [5.74, 6) is -1.56. The number of para-hydroxylation sites is 1. The molecule has 3 atom stereocenters. The Morgan fingerprint density at radius 1 is 0.836 bits per heavy atom. The molecule has 4 aromatic rings. The number of rotatable bonds is 11. The number of fused-ring (bicyclic) bond motifs is 3. The molecule has 0 unspecified atom stereocenters. The van der Waals surface area contributed by atoms with Crippen molar-refractivity contribution in [2.45, 2.75) is 132 Å². The number of nitrogens with zero attached hydrogens (tertiary/aromatic N) is 2. The molecule has 0 aliphatic carbocycles. The molecule has 0 spiro atoms. The number of carboxylic acid groups (broad SMARTS) is 1. The molecule has 0 saturated heterocycles. The standard InChI is InChI=1S/C48H61BrClN7O9S/c1-47(2,3)65-44(61)51-22-11-10-17-36-43(60)56(7)38(25-31-28-57(46(63)64)37-19-9-8-15-33(31)37)42(59)54-26-29-14-12-16-34(50)40(29)67-39-21-20-32(49)24-30(39)27-53-35(41(58)55-36)18-13-23-52-45(62)66-48(4,5)6/h8-9,12,14-16,19-21,24,28,35-36,38,53H,10-11,13,17-18,22-23,25-27H2,1-7H3,(H,51,61)(H,52,62)(H,54,59)(H,55,58)(H,63,64)/t35-,36-,38-/m0/s1. The predicted molar refractivity (Wildman–Crippen MR) is 261 cm³/mol. The molecule has 16 nitrogen and oxygen atoms in total. The monoisotopic (exact) mass is 1030 g/mol. The van der Waals surface area contributed by atoms with E-state index >= 15 is 0 Å². The van der Waals surface area contributed by atoms with Gasteiger partial charge < -0.3 is 46.1 Å². The van der Waals surface area contributed by atoms with E-state index in [2.05, 4.69) is 42.5 Å². The van der Waals surface area contributed by atoms with Gasteiger partial charge in [-0.25, -0.2) is 14.4 Å². The van der Waals surface area contributed by atoms with E-state index in [0.717, 1.165) is 25.1 Å². The SMILES string of the molecule is CN1C(=O)[C@H](CCCCNC(=O)OC(C)(C)C)NC(=O)[C@H](CCCNC(=O)OC(C)(C)C)NCc2cc(Br)ccc2Sc2c(Cl)cccc2CNC(=O)[C@@H]1Cc1cn(C(=O)O)c2ccccc12. The highest BCUT2D eigenvalue weighted by Gasteiger charge is 2.35. The largest absolute Gasteiger partial charge is 0.464 e. The van der Waals surface area contributed by atoms with Crippen LogP contribution in [0.3, 0.4) is 0 Å². The molecule has 2 heterocycles. The Morgan fingerprint density at radius 2 is 1.49 bits per heavy atom. The van der Waals surface area contributed by atoms with E-state index in [1.54, 1.807) is 77.9 Å². The van der Waals surface area contributed by atoms with Crippen molar-refractivity contribution < 1.29 is 43.3 Å². The van der Waals surface area contributed by atoms with Crippen LogP contribution in [0, 0.1) is 0 Å². The summed E-state index contributed by atoms with van der Waals surface area (Å²) in [4.78, 5) is 84.2. The summed E-state index contributed by atoms with van der Waals surface area (Å²) in [6, 6.07) is 15.0. The summed E-state index contributed by atoms with van der Waals surface area (Å²) in [6.45, 7) is 11.3. The second-order valence-corrected chi connectivity index (χ2v) is 20.7. The summed E-state index contributed by atoms with van der Waals surface area (Å²) in [7, 11) is 1.49. The molecule has 0 radical (unpaired) electrons. The van der Waals surface area contributed by atoms with Gasteiger partial charge in [0.15, 0.2) is 0 Å². The van der Waals surface area contributed by atoms with E-state index in [9.17, 15) is 33.9 Å². The number of carbonyl (C=O) groups is 6. The number of unbranched alkanes of at least 4 members (excludes halogenated alkanes) is 1. The predicted octanol–water partition coefficient (Wildman–Crippen LogP) is 8.38. The lowest BCUT2D eigenvalue weighted by atomic mass is 10.0. The summed E-state index contributed by atoms with van der Waals surface area (Å²) in [5, 5.41) is 26.1. The number of carbonyl (C=O) groups excluding carboxylic acids is 5. The molecule has 0 saturated carbocycles. The third-order valence-corrected chi connectivity index (χ3v) is 12.9. The maximum Gasteiger partial charge on any atom is 0.416 e. The Kier molecular flexibility index (Phi) is 18.6. The molecule has 0 fully saturated rings. The molecule has 1 aliphatic rings. The Balaban J connectivity index is 1.54. The van der Waals surface area contributed by atoms with Crippen LogP contribution in [0.15, 0.2) is 81.1 Å². The molecule has 5 rings (SSSR count). The van der Waals surface area contributed by atoms with Crippen LogP contribution in [-0.2, 0) is 43.4 Å². The number of amides is 5. The molecule has 0 bridgehead atoms. The van der Waals surface area contributed by atoms with Crippen molar-refractivity contribution in [1.82, 2.24) is 36.1 Å². The second kappa shape index (κ2) is 23.6. The van der Waals surface area contributed by atoms with Gasteiger partial charge >= 0.3 is 18.3 Å².